The van der Waals surface area contributed by atoms with Crippen LogP contribution in [0.4, 0.5) is 0 Å². The maximum absolute atomic E-state index is 12.5. The van der Waals surface area contributed by atoms with Crippen molar-refractivity contribution in [2.75, 3.05) is 0 Å². The summed E-state index contributed by atoms with van der Waals surface area (Å²) in [6.07, 6.45) is 8.56. The van der Waals surface area contributed by atoms with E-state index in [1.807, 2.05) is 0 Å². The first kappa shape index (κ1) is 15.3. The molecule has 0 amide bonds. The normalized spacial score (nSPS) is 49.0. The second kappa shape index (κ2) is 4.87. The van der Waals surface area contributed by atoms with Crippen LogP contribution < -0.4 is 0 Å². The second-order valence-corrected chi connectivity index (χ2v) is 8.68. The monoisotopic (exact) mass is 314 g/mol. The lowest BCUT2D eigenvalue weighted by Crippen LogP contribution is -2.54. The average molecular weight is 314 g/mol. The summed E-state index contributed by atoms with van der Waals surface area (Å²) >= 11 is 0. The van der Waals surface area contributed by atoms with Crippen molar-refractivity contribution in [3.05, 3.63) is 11.6 Å². The molecule has 0 aromatic rings. The molecule has 0 spiro atoms. The molecule has 3 nitrogen and oxygen atoms in total. The third-order valence-corrected chi connectivity index (χ3v) is 7.83. The zero-order chi connectivity index (χ0) is 16.4. The van der Waals surface area contributed by atoms with Crippen molar-refractivity contribution >= 4 is 17.9 Å². The van der Waals surface area contributed by atoms with Crippen LogP contribution in [0.1, 0.15) is 58.8 Å². The summed E-state index contributed by atoms with van der Waals surface area (Å²) in [5.74, 6) is 2.29. The molecule has 6 atom stereocenters. The lowest BCUT2D eigenvalue weighted by Gasteiger charge is -2.58. The van der Waals surface area contributed by atoms with Gasteiger partial charge in [-0.3, -0.25) is 9.59 Å². The van der Waals surface area contributed by atoms with Gasteiger partial charge in [0.15, 0.2) is 5.78 Å². The maximum atomic E-state index is 12.5. The first-order valence-corrected chi connectivity index (χ1v) is 9.16. The number of hydrogen-bond acceptors (Lipinski definition) is 3. The molecule has 124 valence electrons. The fraction of sp³-hybridized carbons (Fsp3) is 0.750. The van der Waals surface area contributed by atoms with Gasteiger partial charge in [-0.1, -0.05) is 19.4 Å². The second-order valence-electron chi connectivity index (χ2n) is 8.68. The van der Waals surface area contributed by atoms with Gasteiger partial charge in [-0.25, -0.2) is 0 Å². The molecule has 23 heavy (non-hydrogen) atoms. The van der Waals surface area contributed by atoms with Crippen molar-refractivity contribution in [1.82, 2.24) is 0 Å². The summed E-state index contributed by atoms with van der Waals surface area (Å²) in [5, 5.41) is 0. The molecule has 0 unspecified atom stereocenters. The summed E-state index contributed by atoms with van der Waals surface area (Å²) in [6.45, 7) is 4.43. The van der Waals surface area contributed by atoms with Crippen LogP contribution in [0.15, 0.2) is 11.6 Å². The Bertz CT molecular complexity index is 618. The van der Waals surface area contributed by atoms with Gasteiger partial charge in [-0.2, -0.15) is 0 Å². The quantitative estimate of drug-likeness (QED) is 0.696. The summed E-state index contributed by atoms with van der Waals surface area (Å²) in [4.78, 5) is 36.5. The molecule has 0 heterocycles. The van der Waals surface area contributed by atoms with Crippen LogP contribution in [0.5, 0.6) is 0 Å². The molecular formula is C20H26O3. The molecule has 3 heteroatoms. The molecule has 0 aromatic heterocycles. The largest absolute Gasteiger partial charge is 0.302 e. The number of carbonyl (C=O) groups is 3. The van der Waals surface area contributed by atoms with Crippen molar-refractivity contribution in [1.29, 1.82) is 0 Å². The predicted molar refractivity (Wildman–Crippen MR) is 86.7 cm³/mol. The molecule has 0 aromatic carbocycles. The topological polar surface area (TPSA) is 51.2 Å². The minimum atomic E-state index is -0.419. The number of fused-ring (bicyclic) bond motifs is 5. The number of Topliss-reactive ketones (excluding diaryl/α,β-unsaturated/α-hetero) is 1. The van der Waals surface area contributed by atoms with Gasteiger partial charge in [0.05, 0.1) is 5.41 Å². The molecule has 4 aliphatic rings. The van der Waals surface area contributed by atoms with Crippen LogP contribution >= 0.6 is 0 Å². The van der Waals surface area contributed by atoms with E-state index >= 15 is 0 Å². The first-order chi connectivity index (χ1) is 10.9. The van der Waals surface area contributed by atoms with Crippen LogP contribution in [0.2, 0.25) is 0 Å². The highest BCUT2D eigenvalue weighted by molar-refractivity contribution is 5.93. The van der Waals surface area contributed by atoms with Crippen LogP contribution in [-0.2, 0) is 14.4 Å². The van der Waals surface area contributed by atoms with Gasteiger partial charge >= 0.3 is 0 Å². The standard InChI is InChI=1S/C20H26O3/c1-12-9-13-10-14(22)5-8-20(13,11-21)16-6-7-19(2)15(18(12)16)3-4-17(19)23/h10-12,15-16,18H,3-9H2,1-2H3/t12-,15+,16+,18+,19+,20-/m1/s1. The molecule has 3 fully saturated rings. The zero-order valence-corrected chi connectivity index (χ0v) is 14.1. The molecule has 0 radical (unpaired) electrons. The van der Waals surface area contributed by atoms with Crippen LogP contribution in [0.3, 0.4) is 0 Å². The molecule has 0 N–H and O–H groups in total. The van der Waals surface area contributed by atoms with E-state index in [1.54, 1.807) is 6.08 Å². The Morgan fingerprint density at radius 1 is 1.13 bits per heavy atom. The van der Waals surface area contributed by atoms with Gasteiger partial charge in [0.1, 0.15) is 12.1 Å². The number of allylic oxidation sites excluding steroid dienone is 1. The van der Waals surface area contributed by atoms with Crippen molar-refractivity contribution in [2.24, 2.45) is 34.5 Å². The third-order valence-electron chi connectivity index (χ3n) is 7.83. The van der Waals surface area contributed by atoms with Crippen molar-refractivity contribution in [2.45, 2.75) is 58.8 Å². The SMILES string of the molecule is C[C@@H]1CC2=CC(=O)CC[C@]2(C=O)[C@H]2CC[C@]3(C)C(=O)CC[C@H]3[C@H]12. The zero-order valence-electron chi connectivity index (χ0n) is 14.1. The minimum Gasteiger partial charge on any atom is -0.302 e. The van der Waals surface area contributed by atoms with Crippen molar-refractivity contribution in [3.63, 3.8) is 0 Å². The molecule has 4 rings (SSSR count). The van der Waals surface area contributed by atoms with E-state index < -0.39 is 5.41 Å². The van der Waals surface area contributed by atoms with Crippen molar-refractivity contribution < 1.29 is 14.4 Å². The van der Waals surface area contributed by atoms with E-state index in [1.165, 1.54) is 0 Å². The minimum absolute atomic E-state index is 0.162. The van der Waals surface area contributed by atoms with Crippen LogP contribution in [0, 0.1) is 34.5 Å². The fourth-order valence-electron chi connectivity index (χ4n) is 6.63. The highest BCUT2D eigenvalue weighted by atomic mass is 16.1. The number of ketones is 2. The van der Waals surface area contributed by atoms with E-state index in [0.717, 1.165) is 37.5 Å². The highest BCUT2D eigenvalue weighted by Gasteiger charge is 2.61. The fourth-order valence-corrected chi connectivity index (χ4v) is 6.63. The molecule has 0 aliphatic heterocycles. The van der Waals surface area contributed by atoms with Gasteiger partial charge in [0, 0.05) is 18.3 Å². The van der Waals surface area contributed by atoms with Crippen LogP contribution in [0.25, 0.3) is 0 Å². The molecule has 0 saturated heterocycles. The van der Waals surface area contributed by atoms with Crippen LogP contribution in [-0.4, -0.2) is 17.9 Å². The van der Waals surface area contributed by atoms with E-state index in [-0.39, 0.29) is 11.2 Å². The van der Waals surface area contributed by atoms with Gasteiger partial charge in [-0.15, -0.1) is 0 Å². The van der Waals surface area contributed by atoms with Gasteiger partial charge in [0.25, 0.3) is 0 Å². The molecule has 3 saturated carbocycles. The Morgan fingerprint density at radius 2 is 1.91 bits per heavy atom. The lowest BCUT2D eigenvalue weighted by molar-refractivity contribution is -0.138. The number of rotatable bonds is 1. The Hall–Kier alpha value is -1.25. The van der Waals surface area contributed by atoms with Gasteiger partial charge in [0.2, 0.25) is 0 Å². The van der Waals surface area contributed by atoms with E-state index in [9.17, 15) is 14.4 Å². The Balaban J connectivity index is 1.79. The highest BCUT2D eigenvalue weighted by Crippen LogP contribution is 2.65. The van der Waals surface area contributed by atoms with Crippen molar-refractivity contribution in [3.8, 4) is 0 Å². The smallest absolute Gasteiger partial charge is 0.155 e. The summed E-state index contributed by atoms with van der Waals surface area (Å²) in [6, 6.07) is 0. The summed E-state index contributed by atoms with van der Waals surface area (Å²) in [5.41, 5.74) is 0.508. The molecule has 0 bridgehead atoms. The van der Waals surface area contributed by atoms with Gasteiger partial charge in [-0.05, 0) is 61.9 Å². The number of carbonyl (C=O) groups excluding carboxylic acids is 3. The Morgan fingerprint density at radius 3 is 2.65 bits per heavy atom. The van der Waals surface area contributed by atoms with E-state index in [4.69, 9.17) is 0 Å². The molecule has 4 aliphatic carbocycles. The summed E-state index contributed by atoms with van der Waals surface area (Å²) < 4.78 is 0. The Labute approximate surface area is 137 Å². The lowest BCUT2D eigenvalue weighted by atomic mass is 9.45. The van der Waals surface area contributed by atoms with E-state index in [0.29, 0.717) is 48.7 Å². The number of aldehydes is 1. The first-order valence-electron chi connectivity index (χ1n) is 9.16. The summed E-state index contributed by atoms with van der Waals surface area (Å²) in [7, 11) is 0. The van der Waals surface area contributed by atoms with Gasteiger partial charge < -0.3 is 4.79 Å². The predicted octanol–water partition coefficient (Wildman–Crippen LogP) is 3.51. The number of hydrogen-bond donors (Lipinski definition) is 0. The van der Waals surface area contributed by atoms with E-state index in [2.05, 4.69) is 13.8 Å². The maximum Gasteiger partial charge on any atom is 0.155 e. The third kappa shape index (κ3) is 1.85. The average Bonchev–Trinajstić information content (AvgIpc) is 2.83. The molecular weight excluding hydrogens is 288 g/mol. The Kier molecular flexibility index (Phi) is 3.24.